The maximum absolute atomic E-state index is 12.5. The summed E-state index contributed by atoms with van der Waals surface area (Å²) in [4.78, 5) is 16.6. The minimum Gasteiger partial charge on any atom is -0.481 e. The largest absolute Gasteiger partial charge is 0.481 e. The van der Waals surface area contributed by atoms with Crippen LogP contribution in [0.25, 0.3) is 11.3 Å². The van der Waals surface area contributed by atoms with Crippen molar-refractivity contribution in [2.45, 2.75) is 6.54 Å². The lowest BCUT2D eigenvalue weighted by atomic mass is 10.1. The number of hydrogen-bond acceptors (Lipinski definition) is 6. The topological polar surface area (TPSA) is 103 Å². The number of nitrogens with two attached hydrogens (primary N) is 1. The quantitative estimate of drug-likeness (QED) is 0.726. The maximum atomic E-state index is 12.5. The van der Waals surface area contributed by atoms with Crippen LogP contribution in [0.15, 0.2) is 47.1 Å². The summed E-state index contributed by atoms with van der Waals surface area (Å²) in [5.74, 6) is -0.00821. The van der Waals surface area contributed by atoms with E-state index in [1.54, 1.807) is 24.3 Å². The molecule has 0 bridgehead atoms. The molecule has 7 nitrogen and oxygen atoms in total. The average Bonchev–Trinajstić information content (AvgIpc) is 3.01. The Morgan fingerprint density at radius 1 is 1.36 bits per heavy atom. The molecule has 0 radical (unpaired) electrons. The van der Waals surface area contributed by atoms with E-state index >= 15 is 0 Å². The van der Waals surface area contributed by atoms with Gasteiger partial charge in [-0.15, -0.1) is 0 Å². The number of aromatic nitrogens is 2. The highest BCUT2D eigenvalue weighted by atomic mass is 35.5. The van der Waals surface area contributed by atoms with Crippen LogP contribution in [0.2, 0.25) is 5.02 Å². The number of nitrogens with zero attached hydrogens (tertiary/aromatic N) is 2. The minimum absolute atomic E-state index is 0.0607. The lowest BCUT2D eigenvalue weighted by molar-refractivity contribution is 0.0952. The lowest BCUT2D eigenvalue weighted by Gasteiger charge is -2.06. The van der Waals surface area contributed by atoms with Gasteiger partial charge in [-0.2, -0.15) is 0 Å². The zero-order chi connectivity index (χ0) is 17.8. The van der Waals surface area contributed by atoms with Crippen LogP contribution >= 0.6 is 11.6 Å². The summed E-state index contributed by atoms with van der Waals surface area (Å²) in [6.45, 7) is 0.296. The Labute approximate surface area is 148 Å². The summed E-state index contributed by atoms with van der Waals surface area (Å²) in [5.41, 5.74) is 7.71. The van der Waals surface area contributed by atoms with E-state index in [1.807, 2.05) is 12.1 Å². The Balaban J connectivity index is 1.81. The van der Waals surface area contributed by atoms with Gasteiger partial charge < -0.3 is 20.3 Å². The molecular formula is C17H15ClN4O3. The van der Waals surface area contributed by atoms with Crippen molar-refractivity contribution in [2.75, 3.05) is 12.8 Å². The first-order chi connectivity index (χ1) is 12.1. The number of methoxy groups -OCH3 is 1. The predicted molar refractivity (Wildman–Crippen MR) is 93.3 cm³/mol. The zero-order valence-corrected chi connectivity index (χ0v) is 14.1. The fourth-order valence-electron chi connectivity index (χ4n) is 2.28. The van der Waals surface area contributed by atoms with Crippen molar-refractivity contribution in [3.05, 3.63) is 58.7 Å². The number of rotatable bonds is 5. The van der Waals surface area contributed by atoms with Gasteiger partial charge in [0, 0.05) is 29.4 Å². The number of nitrogens with one attached hydrogen (secondary N) is 1. The maximum Gasteiger partial charge on any atom is 0.259 e. The molecule has 128 valence electrons. The van der Waals surface area contributed by atoms with E-state index in [2.05, 4.69) is 15.5 Å². The molecule has 1 aromatic carbocycles. The molecule has 0 saturated heterocycles. The number of carbonyl (C=O) groups excluding carboxylic acids is 1. The van der Waals surface area contributed by atoms with Gasteiger partial charge in [-0.3, -0.25) is 4.79 Å². The summed E-state index contributed by atoms with van der Waals surface area (Å²) in [5, 5.41) is 7.25. The molecule has 8 heteroatoms. The third-order valence-electron chi connectivity index (χ3n) is 3.51. The molecule has 0 spiro atoms. The van der Waals surface area contributed by atoms with Crippen LogP contribution < -0.4 is 15.8 Å². The number of carbonyl (C=O) groups is 1. The standard InChI is InChI=1S/C17H15ClN4O3/c1-24-13-6-5-11(9-20-13)15-14(16(19)25-22-15)17(23)21-8-10-3-2-4-12(18)7-10/h2-7,9H,8,19H2,1H3,(H,21,23). The SMILES string of the molecule is COc1ccc(-c2noc(N)c2C(=O)NCc2cccc(Cl)c2)cn1. The fourth-order valence-corrected chi connectivity index (χ4v) is 2.49. The average molecular weight is 359 g/mol. The first-order valence-electron chi connectivity index (χ1n) is 7.36. The van der Waals surface area contributed by atoms with Gasteiger partial charge in [-0.1, -0.05) is 28.9 Å². The van der Waals surface area contributed by atoms with Gasteiger partial charge >= 0.3 is 0 Å². The van der Waals surface area contributed by atoms with Gasteiger partial charge in [0.05, 0.1) is 7.11 Å². The van der Waals surface area contributed by atoms with Crippen LogP contribution in [0.1, 0.15) is 15.9 Å². The molecule has 3 rings (SSSR count). The summed E-state index contributed by atoms with van der Waals surface area (Å²) in [7, 11) is 1.52. The molecular weight excluding hydrogens is 344 g/mol. The van der Waals surface area contributed by atoms with E-state index in [0.717, 1.165) is 5.56 Å². The second-order valence-corrected chi connectivity index (χ2v) is 5.61. The molecule has 2 aromatic heterocycles. The molecule has 0 unspecified atom stereocenters. The number of nitrogen functional groups attached to an aromatic ring is 1. The van der Waals surface area contributed by atoms with Gasteiger partial charge in [0.25, 0.3) is 5.91 Å². The van der Waals surface area contributed by atoms with Crippen LogP contribution in [0.5, 0.6) is 5.88 Å². The van der Waals surface area contributed by atoms with E-state index in [1.165, 1.54) is 13.3 Å². The highest BCUT2D eigenvalue weighted by Gasteiger charge is 2.22. The van der Waals surface area contributed by atoms with E-state index in [4.69, 9.17) is 26.6 Å². The Kier molecular flexibility index (Phi) is 4.85. The summed E-state index contributed by atoms with van der Waals surface area (Å²) < 4.78 is 10.0. The van der Waals surface area contributed by atoms with Crippen molar-refractivity contribution >= 4 is 23.4 Å². The van der Waals surface area contributed by atoms with E-state index in [0.29, 0.717) is 28.7 Å². The van der Waals surface area contributed by atoms with Crippen molar-refractivity contribution in [1.82, 2.24) is 15.5 Å². The van der Waals surface area contributed by atoms with Crippen LogP contribution in [-0.4, -0.2) is 23.2 Å². The Morgan fingerprint density at radius 2 is 2.20 bits per heavy atom. The highest BCUT2D eigenvalue weighted by Crippen LogP contribution is 2.27. The number of anilines is 1. The molecule has 0 aliphatic carbocycles. The molecule has 0 fully saturated rings. The van der Waals surface area contributed by atoms with Crippen LogP contribution in [0.3, 0.4) is 0 Å². The van der Waals surface area contributed by atoms with Gasteiger partial charge in [0.2, 0.25) is 11.8 Å². The Morgan fingerprint density at radius 3 is 2.88 bits per heavy atom. The monoisotopic (exact) mass is 358 g/mol. The van der Waals surface area contributed by atoms with Gasteiger partial charge in [0.15, 0.2) is 0 Å². The number of benzene rings is 1. The third kappa shape index (κ3) is 3.72. The molecule has 25 heavy (non-hydrogen) atoms. The van der Waals surface area contributed by atoms with Gasteiger partial charge in [0.1, 0.15) is 11.3 Å². The molecule has 0 aliphatic heterocycles. The summed E-state index contributed by atoms with van der Waals surface area (Å²) in [6.07, 6.45) is 1.53. The lowest BCUT2D eigenvalue weighted by Crippen LogP contribution is -2.23. The Bertz CT molecular complexity index is 893. The van der Waals surface area contributed by atoms with Gasteiger partial charge in [-0.05, 0) is 23.8 Å². The number of amides is 1. The fraction of sp³-hybridized carbons (Fsp3) is 0.118. The molecule has 3 N–H and O–H groups in total. The molecule has 0 saturated carbocycles. The van der Waals surface area contributed by atoms with E-state index < -0.39 is 5.91 Å². The van der Waals surface area contributed by atoms with Crippen molar-refractivity contribution in [1.29, 1.82) is 0 Å². The van der Waals surface area contributed by atoms with Crippen LogP contribution in [-0.2, 0) is 6.54 Å². The number of ether oxygens (including phenoxy) is 1. The number of hydrogen-bond donors (Lipinski definition) is 2. The molecule has 0 atom stereocenters. The Hall–Kier alpha value is -3.06. The number of halogens is 1. The van der Waals surface area contributed by atoms with E-state index in [9.17, 15) is 4.79 Å². The third-order valence-corrected chi connectivity index (χ3v) is 3.74. The first kappa shape index (κ1) is 16.8. The molecule has 0 aliphatic rings. The second kappa shape index (κ2) is 7.23. The van der Waals surface area contributed by atoms with Crippen molar-refractivity contribution in [3.63, 3.8) is 0 Å². The van der Waals surface area contributed by atoms with E-state index in [-0.39, 0.29) is 11.4 Å². The first-order valence-corrected chi connectivity index (χ1v) is 7.74. The van der Waals surface area contributed by atoms with Crippen molar-refractivity contribution in [3.8, 4) is 17.1 Å². The molecule has 2 heterocycles. The van der Waals surface area contributed by atoms with Crippen molar-refractivity contribution in [2.24, 2.45) is 0 Å². The molecule has 3 aromatic rings. The van der Waals surface area contributed by atoms with Crippen LogP contribution in [0, 0.1) is 0 Å². The summed E-state index contributed by atoms with van der Waals surface area (Å²) in [6, 6.07) is 10.6. The smallest absolute Gasteiger partial charge is 0.259 e. The minimum atomic E-state index is -0.399. The predicted octanol–water partition coefficient (Wildman–Crippen LogP) is 2.91. The highest BCUT2D eigenvalue weighted by molar-refractivity contribution is 6.30. The molecule has 1 amide bonds. The zero-order valence-electron chi connectivity index (χ0n) is 13.3. The number of pyridine rings is 1. The van der Waals surface area contributed by atoms with Gasteiger partial charge in [-0.25, -0.2) is 4.98 Å². The van der Waals surface area contributed by atoms with Crippen LogP contribution in [0.4, 0.5) is 5.88 Å². The normalized spacial score (nSPS) is 10.5. The summed E-state index contributed by atoms with van der Waals surface area (Å²) >= 11 is 5.94. The van der Waals surface area contributed by atoms with Crippen molar-refractivity contribution < 1.29 is 14.1 Å². The second-order valence-electron chi connectivity index (χ2n) is 5.17.